The van der Waals surface area contributed by atoms with Gasteiger partial charge in [0.2, 0.25) is 11.0 Å². The average Bonchev–Trinajstić information content (AvgIpc) is 2.75. The van der Waals surface area contributed by atoms with Crippen LogP contribution in [0.25, 0.3) is 0 Å². The second-order valence-electron chi connectivity index (χ2n) is 4.24. The van der Waals surface area contributed by atoms with Gasteiger partial charge in [0, 0.05) is 26.1 Å². The lowest BCUT2D eigenvalue weighted by atomic mass is 10.1. The molecule has 18 heavy (non-hydrogen) atoms. The first-order valence-electron chi connectivity index (χ1n) is 6.03. The van der Waals surface area contributed by atoms with Gasteiger partial charge in [-0.1, -0.05) is 18.3 Å². The Balaban J connectivity index is 2.43. The van der Waals surface area contributed by atoms with Crippen LogP contribution >= 0.6 is 11.3 Å². The van der Waals surface area contributed by atoms with Crippen molar-refractivity contribution in [3.63, 3.8) is 0 Å². The third-order valence-corrected chi connectivity index (χ3v) is 3.35. The summed E-state index contributed by atoms with van der Waals surface area (Å²) in [7, 11) is 3.64. The van der Waals surface area contributed by atoms with E-state index in [9.17, 15) is 4.79 Å². The van der Waals surface area contributed by atoms with Crippen LogP contribution in [0.15, 0.2) is 0 Å². The van der Waals surface area contributed by atoms with Crippen molar-refractivity contribution in [1.29, 1.82) is 0 Å². The minimum absolute atomic E-state index is 0.0267. The third-order valence-electron chi connectivity index (χ3n) is 2.48. The molecule has 1 heterocycles. The fourth-order valence-electron chi connectivity index (χ4n) is 1.63. The highest BCUT2D eigenvalue weighted by Crippen LogP contribution is 2.16. The molecule has 0 aliphatic rings. The first-order chi connectivity index (χ1) is 8.56. The number of hydrogen-bond donors (Lipinski definition) is 2. The van der Waals surface area contributed by atoms with Gasteiger partial charge in [0.25, 0.3) is 0 Å². The quantitative estimate of drug-likeness (QED) is 0.767. The van der Waals surface area contributed by atoms with E-state index in [1.807, 2.05) is 20.9 Å². The van der Waals surface area contributed by atoms with Crippen LogP contribution in [0.3, 0.4) is 0 Å². The molecular weight excluding hydrogens is 250 g/mol. The summed E-state index contributed by atoms with van der Waals surface area (Å²) < 4.78 is 0. The lowest BCUT2D eigenvalue weighted by molar-refractivity contribution is -0.124. The summed E-state index contributed by atoms with van der Waals surface area (Å²) in [5, 5.41) is 15.7. The molecule has 1 aromatic rings. The smallest absolute Gasteiger partial charge is 0.223 e. The van der Waals surface area contributed by atoms with Crippen molar-refractivity contribution >= 4 is 22.4 Å². The van der Waals surface area contributed by atoms with Crippen LogP contribution < -0.4 is 10.6 Å². The lowest BCUT2D eigenvalue weighted by Gasteiger charge is -2.18. The number of amides is 1. The molecular formula is C11H21N5OS. The number of carbonyl (C=O) groups is 1. The molecule has 6 nitrogen and oxygen atoms in total. The van der Waals surface area contributed by atoms with Gasteiger partial charge in [-0.15, -0.1) is 10.2 Å². The summed E-state index contributed by atoms with van der Waals surface area (Å²) in [5.74, 6) is 0.0358. The molecule has 0 saturated heterocycles. The second-order valence-corrected chi connectivity index (χ2v) is 5.31. The number of nitrogens with zero attached hydrogens (tertiary/aromatic N) is 3. The van der Waals surface area contributed by atoms with Crippen molar-refractivity contribution in [2.45, 2.75) is 20.4 Å². The fourth-order valence-corrected chi connectivity index (χ4v) is 2.52. The maximum Gasteiger partial charge on any atom is 0.223 e. The average molecular weight is 271 g/mol. The van der Waals surface area contributed by atoms with Gasteiger partial charge >= 0.3 is 0 Å². The lowest BCUT2D eigenvalue weighted by Crippen LogP contribution is -2.34. The van der Waals surface area contributed by atoms with Crippen molar-refractivity contribution in [3.05, 3.63) is 5.01 Å². The molecule has 2 N–H and O–H groups in total. The van der Waals surface area contributed by atoms with Crippen molar-refractivity contribution in [1.82, 2.24) is 20.4 Å². The summed E-state index contributed by atoms with van der Waals surface area (Å²) in [5.41, 5.74) is 0. The van der Waals surface area contributed by atoms with E-state index in [0.717, 1.165) is 16.7 Å². The highest BCUT2D eigenvalue weighted by atomic mass is 32.1. The predicted octanol–water partition coefficient (Wildman–Crippen LogP) is 0.784. The van der Waals surface area contributed by atoms with E-state index in [2.05, 4.69) is 25.7 Å². The van der Waals surface area contributed by atoms with E-state index >= 15 is 0 Å². The topological polar surface area (TPSA) is 70.2 Å². The summed E-state index contributed by atoms with van der Waals surface area (Å²) in [4.78, 5) is 13.5. The molecule has 1 unspecified atom stereocenters. The largest absolute Gasteiger partial charge is 0.360 e. The zero-order valence-electron chi connectivity index (χ0n) is 11.4. The zero-order chi connectivity index (χ0) is 13.5. The summed E-state index contributed by atoms with van der Waals surface area (Å²) in [6.45, 7) is 6.20. The first-order valence-corrected chi connectivity index (χ1v) is 6.84. The van der Waals surface area contributed by atoms with Crippen LogP contribution in [0.2, 0.25) is 0 Å². The maximum atomic E-state index is 11.4. The van der Waals surface area contributed by atoms with E-state index < -0.39 is 0 Å². The molecule has 1 atom stereocenters. The van der Waals surface area contributed by atoms with Gasteiger partial charge in [-0.25, -0.2) is 0 Å². The van der Waals surface area contributed by atoms with Crippen LogP contribution in [0.5, 0.6) is 0 Å². The molecule has 0 aliphatic carbocycles. The van der Waals surface area contributed by atoms with Gasteiger partial charge in [-0.2, -0.15) is 0 Å². The third kappa shape index (κ3) is 4.58. The number of carbonyl (C=O) groups excluding carboxylic acids is 1. The van der Waals surface area contributed by atoms with Crippen LogP contribution in [-0.4, -0.2) is 48.2 Å². The Kier molecular flexibility index (Phi) is 6.00. The Hall–Kier alpha value is -1.21. The van der Waals surface area contributed by atoms with E-state index in [4.69, 9.17) is 0 Å². The van der Waals surface area contributed by atoms with Crippen LogP contribution in [0.1, 0.15) is 18.9 Å². The van der Waals surface area contributed by atoms with Gasteiger partial charge in [-0.05, 0) is 14.0 Å². The van der Waals surface area contributed by atoms with Crippen LogP contribution in [-0.2, 0) is 11.3 Å². The van der Waals surface area contributed by atoms with Gasteiger partial charge < -0.3 is 10.6 Å². The molecule has 1 rings (SSSR count). The standard InChI is InChI=1S/C11H21N5OS/c1-5-13-11-15-14-9(18-11)7-16(4)6-8(2)10(17)12-3/h8H,5-7H2,1-4H3,(H,12,17)(H,13,15). The SMILES string of the molecule is CCNc1nnc(CN(C)CC(C)C(=O)NC)s1. The number of nitrogens with one attached hydrogen (secondary N) is 2. The number of rotatable bonds is 7. The number of anilines is 1. The molecule has 7 heteroatoms. The first kappa shape index (κ1) is 14.8. The Morgan fingerprint density at radius 3 is 2.83 bits per heavy atom. The molecule has 0 spiro atoms. The van der Waals surface area contributed by atoms with Gasteiger partial charge in [0.05, 0.1) is 6.54 Å². The highest BCUT2D eigenvalue weighted by Gasteiger charge is 2.14. The molecule has 0 bridgehead atoms. The van der Waals surface area contributed by atoms with E-state index in [0.29, 0.717) is 13.1 Å². The van der Waals surface area contributed by atoms with Gasteiger partial charge in [-0.3, -0.25) is 9.69 Å². The molecule has 0 fully saturated rings. The molecule has 102 valence electrons. The molecule has 0 radical (unpaired) electrons. The highest BCUT2D eigenvalue weighted by molar-refractivity contribution is 7.15. The van der Waals surface area contributed by atoms with Crippen molar-refractivity contribution < 1.29 is 4.79 Å². The fraction of sp³-hybridized carbons (Fsp3) is 0.727. The monoisotopic (exact) mass is 271 g/mol. The van der Waals surface area contributed by atoms with E-state index in [1.54, 1.807) is 18.4 Å². The van der Waals surface area contributed by atoms with Gasteiger partial charge in [0.1, 0.15) is 5.01 Å². The minimum Gasteiger partial charge on any atom is -0.360 e. The van der Waals surface area contributed by atoms with Gasteiger partial charge in [0.15, 0.2) is 0 Å². The molecule has 1 aromatic heterocycles. The molecule has 0 aromatic carbocycles. The number of aromatic nitrogens is 2. The summed E-state index contributed by atoms with van der Waals surface area (Å²) in [6.07, 6.45) is 0. The summed E-state index contributed by atoms with van der Waals surface area (Å²) in [6, 6.07) is 0. The normalized spacial score (nSPS) is 12.5. The minimum atomic E-state index is -0.0267. The van der Waals surface area contributed by atoms with Crippen molar-refractivity contribution in [3.8, 4) is 0 Å². The summed E-state index contributed by atoms with van der Waals surface area (Å²) >= 11 is 1.55. The Labute approximate surface area is 112 Å². The molecule has 1 amide bonds. The van der Waals surface area contributed by atoms with Crippen LogP contribution in [0, 0.1) is 5.92 Å². The van der Waals surface area contributed by atoms with E-state index in [-0.39, 0.29) is 11.8 Å². The Bertz CT molecular complexity index is 381. The zero-order valence-corrected chi connectivity index (χ0v) is 12.2. The number of hydrogen-bond acceptors (Lipinski definition) is 6. The molecule has 0 aliphatic heterocycles. The van der Waals surface area contributed by atoms with Crippen molar-refractivity contribution in [2.24, 2.45) is 5.92 Å². The Morgan fingerprint density at radius 2 is 2.22 bits per heavy atom. The maximum absolute atomic E-state index is 11.4. The van der Waals surface area contributed by atoms with E-state index in [1.165, 1.54) is 0 Å². The van der Waals surface area contributed by atoms with Crippen molar-refractivity contribution in [2.75, 3.05) is 32.5 Å². The Morgan fingerprint density at radius 1 is 1.50 bits per heavy atom. The van der Waals surface area contributed by atoms with Crippen LogP contribution in [0.4, 0.5) is 5.13 Å². The predicted molar refractivity (Wildman–Crippen MR) is 73.6 cm³/mol. The second kappa shape index (κ2) is 7.27. The molecule has 0 saturated carbocycles.